The molecule has 0 fully saturated rings. The molecule has 0 radical (unpaired) electrons. The SMILES string of the molecule is Cc1cc(F)cc(C(CN)NC(=O)OC(C)(C)C)c1. The number of nitrogens with two attached hydrogens (primary N) is 1. The lowest BCUT2D eigenvalue weighted by Gasteiger charge is -2.23. The van der Waals surface area contributed by atoms with Gasteiger partial charge in [-0.05, 0) is 51.0 Å². The summed E-state index contributed by atoms with van der Waals surface area (Å²) in [7, 11) is 0. The normalized spacial score (nSPS) is 12.9. The number of carbonyl (C=O) groups excluding carboxylic acids is 1. The summed E-state index contributed by atoms with van der Waals surface area (Å²) in [6.45, 7) is 7.28. The van der Waals surface area contributed by atoms with Gasteiger partial charge in [0.25, 0.3) is 0 Å². The van der Waals surface area contributed by atoms with E-state index in [4.69, 9.17) is 10.5 Å². The molecule has 1 amide bonds. The Kier molecular flexibility index (Phi) is 4.89. The lowest BCUT2D eigenvalue weighted by atomic mass is 10.0. The molecule has 0 bridgehead atoms. The predicted molar refractivity (Wildman–Crippen MR) is 72.3 cm³/mol. The number of rotatable bonds is 3. The average molecular weight is 268 g/mol. The van der Waals surface area contributed by atoms with E-state index in [1.54, 1.807) is 33.8 Å². The number of benzene rings is 1. The number of hydrogen-bond acceptors (Lipinski definition) is 3. The van der Waals surface area contributed by atoms with Crippen molar-refractivity contribution in [1.29, 1.82) is 0 Å². The average Bonchev–Trinajstić information content (AvgIpc) is 2.21. The lowest BCUT2D eigenvalue weighted by molar-refractivity contribution is 0.0505. The highest BCUT2D eigenvalue weighted by Crippen LogP contribution is 2.17. The number of amides is 1. The van der Waals surface area contributed by atoms with Crippen LogP contribution in [-0.4, -0.2) is 18.2 Å². The van der Waals surface area contributed by atoms with E-state index in [0.717, 1.165) is 5.56 Å². The highest BCUT2D eigenvalue weighted by atomic mass is 19.1. The number of hydrogen-bond donors (Lipinski definition) is 2. The molecule has 0 spiro atoms. The first-order valence-electron chi connectivity index (χ1n) is 6.18. The Labute approximate surface area is 113 Å². The number of halogens is 1. The molecule has 1 aromatic rings. The van der Waals surface area contributed by atoms with Gasteiger partial charge in [-0.1, -0.05) is 6.07 Å². The van der Waals surface area contributed by atoms with Crippen LogP contribution in [0, 0.1) is 12.7 Å². The predicted octanol–water partition coefficient (Wildman–Crippen LogP) is 2.66. The van der Waals surface area contributed by atoms with Crippen LogP contribution in [0.4, 0.5) is 9.18 Å². The van der Waals surface area contributed by atoms with E-state index in [2.05, 4.69) is 5.32 Å². The van der Waals surface area contributed by atoms with Gasteiger partial charge in [0.05, 0.1) is 6.04 Å². The van der Waals surface area contributed by atoms with Crippen LogP contribution in [0.1, 0.15) is 37.9 Å². The molecule has 0 aliphatic carbocycles. The van der Waals surface area contributed by atoms with Crippen LogP contribution < -0.4 is 11.1 Å². The van der Waals surface area contributed by atoms with E-state index in [9.17, 15) is 9.18 Å². The van der Waals surface area contributed by atoms with Gasteiger partial charge in [-0.3, -0.25) is 0 Å². The molecule has 106 valence electrons. The second kappa shape index (κ2) is 6.02. The van der Waals surface area contributed by atoms with E-state index in [1.807, 2.05) is 0 Å². The topological polar surface area (TPSA) is 64.3 Å². The van der Waals surface area contributed by atoms with Gasteiger partial charge < -0.3 is 15.8 Å². The van der Waals surface area contributed by atoms with Crippen molar-refractivity contribution in [2.24, 2.45) is 5.73 Å². The molecule has 4 nitrogen and oxygen atoms in total. The van der Waals surface area contributed by atoms with Crippen molar-refractivity contribution in [3.05, 3.63) is 35.1 Å². The van der Waals surface area contributed by atoms with Crippen LogP contribution in [-0.2, 0) is 4.74 Å². The quantitative estimate of drug-likeness (QED) is 0.885. The fourth-order valence-electron chi connectivity index (χ4n) is 1.69. The smallest absolute Gasteiger partial charge is 0.408 e. The molecule has 19 heavy (non-hydrogen) atoms. The van der Waals surface area contributed by atoms with Gasteiger partial charge in [0.2, 0.25) is 0 Å². The van der Waals surface area contributed by atoms with Gasteiger partial charge >= 0.3 is 6.09 Å². The van der Waals surface area contributed by atoms with Crippen molar-refractivity contribution in [3.8, 4) is 0 Å². The zero-order valence-corrected chi connectivity index (χ0v) is 11.8. The highest BCUT2D eigenvalue weighted by molar-refractivity contribution is 5.68. The Hall–Kier alpha value is -1.62. The van der Waals surface area contributed by atoms with Crippen molar-refractivity contribution < 1.29 is 13.9 Å². The minimum atomic E-state index is -0.582. The molecule has 0 aliphatic heterocycles. The summed E-state index contributed by atoms with van der Waals surface area (Å²) < 4.78 is 18.5. The maximum absolute atomic E-state index is 13.3. The van der Waals surface area contributed by atoms with E-state index in [-0.39, 0.29) is 12.4 Å². The maximum Gasteiger partial charge on any atom is 0.408 e. The largest absolute Gasteiger partial charge is 0.444 e. The Balaban J connectivity index is 2.81. The van der Waals surface area contributed by atoms with Crippen LogP contribution in [0.15, 0.2) is 18.2 Å². The van der Waals surface area contributed by atoms with Crippen LogP contribution in [0.5, 0.6) is 0 Å². The Bertz CT molecular complexity index is 435. The second-order valence-electron chi connectivity index (χ2n) is 5.50. The molecular weight excluding hydrogens is 247 g/mol. The van der Waals surface area contributed by atoms with Gasteiger partial charge in [-0.15, -0.1) is 0 Å². The third-order valence-corrected chi connectivity index (χ3v) is 2.39. The fraction of sp³-hybridized carbons (Fsp3) is 0.500. The molecule has 5 heteroatoms. The van der Waals surface area contributed by atoms with Crippen LogP contribution in [0.2, 0.25) is 0 Å². The molecule has 1 aromatic carbocycles. The van der Waals surface area contributed by atoms with E-state index in [0.29, 0.717) is 5.56 Å². The van der Waals surface area contributed by atoms with Gasteiger partial charge in [0, 0.05) is 6.54 Å². The van der Waals surface area contributed by atoms with E-state index in [1.165, 1.54) is 12.1 Å². The number of ether oxygens (including phenoxy) is 1. The minimum absolute atomic E-state index is 0.169. The van der Waals surface area contributed by atoms with Crippen molar-refractivity contribution in [1.82, 2.24) is 5.32 Å². The van der Waals surface area contributed by atoms with Crippen LogP contribution >= 0.6 is 0 Å². The zero-order valence-electron chi connectivity index (χ0n) is 11.8. The van der Waals surface area contributed by atoms with Gasteiger partial charge in [-0.25, -0.2) is 9.18 Å². The summed E-state index contributed by atoms with van der Waals surface area (Å²) >= 11 is 0. The number of carbonyl (C=O) groups is 1. The third-order valence-electron chi connectivity index (χ3n) is 2.39. The zero-order chi connectivity index (χ0) is 14.6. The van der Waals surface area contributed by atoms with E-state index >= 15 is 0 Å². The molecule has 1 unspecified atom stereocenters. The van der Waals surface area contributed by atoms with Crippen molar-refractivity contribution >= 4 is 6.09 Å². The molecule has 0 aromatic heterocycles. The first kappa shape index (κ1) is 15.4. The van der Waals surface area contributed by atoms with Gasteiger partial charge in [0.15, 0.2) is 0 Å². The molecule has 0 heterocycles. The standard InChI is InChI=1S/C14H21FN2O2/c1-9-5-10(7-11(15)6-9)12(8-16)17-13(18)19-14(2,3)4/h5-7,12H,8,16H2,1-4H3,(H,17,18). The summed E-state index contributed by atoms with van der Waals surface area (Å²) in [5, 5.41) is 2.64. The maximum atomic E-state index is 13.3. The van der Waals surface area contributed by atoms with E-state index < -0.39 is 17.7 Å². The third kappa shape index (κ3) is 5.26. The van der Waals surface area contributed by atoms with Crippen molar-refractivity contribution in [3.63, 3.8) is 0 Å². The Morgan fingerprint density at radius 1 is 1.42 bits per heavy atom. The summed E-state index contributed by atoms with van der Waals surface area (Å²) in [5.41, 5.74) is 6.45. The number of aryl methyl sites for hydroxylation is 1. The van der Waals surface area contributed by atoms with Gasteiger partial charge in [-0.2, -0.15) is 0 Å². The monoisotopic (exact) mass is 268 g/mol. The molecule has 1 rings (SSSR count). The fourth-order valence-corrected chi connectivity index (χ4v) is 1.69. The summed E-state index contributed by atoms with van der Waals surface area (Å²) in [5.74, 6) is -0.348. The molecule has 0 saturated carbocycles. The molecule has 3 N–H and O–H groups in total. The number of nitrogens with one attached hydrogen (secondary N) is 1. The summed E-state index contributed by atoms with van der Waals surface area (Å²) in [6, 6.07) is 4.11. The highest BCUT2D eigenvalue weighted by Gasteiger charge is 2.20. The van der Waals surface area contributed by atoms with Gasteiger partial charge in [0.1, 0.15) is 11.4 Å². The first-order chi connectivity index (χ1) is 8.71. The summed E-state index contributed by atoms with van der Waals surface area (Å²) in [4.78, 5) is 11.7. The van der Waals surface area contributed by atoms with Crippen molar-refractivity contribution in [2.75, 3.05) is 6.54 Å². The molecule has 0 saturated heterocycles. The molecule has 0 aliphatic rings. The first-order valence-corrected chi connectivity index (χ1v) is 6.18. The summed E-state index contributed by atoms with van der Waals surface area (Å²) in [6.07, 6.45) is -0.565. The second-order valence-corrected chi connectivity index (χ2v) is 5.50. The number of alkyl carbamates (subject to hydrolysis) is 1. The molecule has 1 atom stereocenters. The minimum Gasteiger partial charge on any atom is -0.444 e. The van der Waals surface area contributed by atoms with Crippen LogP contribution in [0.25, 0.3) is 0 Å². The molecular formula is C14H21FN2O2. The Morgan fingerprint density at radius 2 is 2.05 bits per heavy atom. The Morgan fingerprint density at radius 3 is 2.53 bits per heavy atom. The van der Waals surface area contributed by atoms with Crippen molar-refractivity contribution in [2.45, 2.75) is 39.3 Å². The van der Waals surface area contributed by atoms with Crippen LogP contribution in [0.3, 0.4) is 0 Å². The lowest BCUT2D eigenvalue weighted by Crippen LogP contribution is -2.37.